The maximum absolute atomic E-state index is 12.7. The van der Waals surface area contributed by atoms with E-state index in [0.29, 0.717) is 0 Å². The van der Waals surface area contributed by atoms with E-state index >= 15 is 0 Å². The van der Waals surface area contributed by atoms with E-state index in [1.54, 1.807) is 0 Å². The van der Waals surface area contributed by atoms with E-state index in [4.69, 9.17) is 10.0 Å². The number of rotatable bonds is 4. The van der Waals surface area contributed by atoms with Gasteiger partial charge in [0.05, 0.1) is 3.42 Å². The van der Waals surface area contributed by atoms with Crippen LogP contribution in [0, 0.1) is 29.1 Å². The Morgan fingerprint density at radius 2 is 1.44 bits per heavy atom. The van der Waals surface area contributed by atoms with Gasteiger partial charge < -0.3 is 14.7 Å². The van der Waals surface area contributed by atoms with Gasteiger partial charge in [-0.15, -0.1) is 0 Å². The fourth-order valence-electron chi connectivity index (χ4n) is 3.06. The summed E-state index contributed by atoms with van der Waals surface area (Å²) in [4.78, 5) is 0. The van der Waals surface area contributed by atoms with Gasteiger partial charge in [-0.3, -0.25) is 0 Å². The van der Waals surface area contributed by atoms with Crippen LogP contribution in [0.2, 0.25) is 0 Å². The second-order valence-electron chi connectivity index (χ2n) is 7.68. The first-order valence-electron chi connectivity index (χ1n) is 9.46. The van der Waals surface area contributed by atoms with Crippen molar-refractivity contribution in [2.24, 2.45) is 0 Å². The van der Waals surface area contributed by atoms with Crippen molar-refractivity contribution in [2.45, 2.75) is 36.0 Å². The lowest BCUT2D eigenvalue weighted by atomic mass is 9.70. The van der Waals surface area contributed by atoms with E-state index in [0.717, 1.165) is 6.42 Å². The minimum atomic E-state index is -2.70. The normalized spacial score (nSPS) is 17.9. The molecule has 10 heteroatoms. The third-order valence-electron chi connectivity index (χ3n) is 5.26. The van der Waals surface area contributed by atoms with E-state index in [9.17, 15) is 22.0 Å². The van der Waals surface area contributed by atoms with Crippen LogP contribution in [0.25, 0.3) is 0 Å². The van der Waals surface area contributed by atoms with Crippen molar-refractivity contribution in [3.05, 3.63) is 88.8 Å². The van der Waals surface area contributed by atoms with Crippen LogP contribution in [0.1, 0.15) is 32.8 Å². The van der Waals surface area contributed by atoms with Gasteiger partial charge >= 0.3 is 7.32 Å². The number of halogens is 6. The highest BCUT2D eigenvalue weighted by atomic mass is 127. The summed E-state index contributed by atoms with van der Waals surface area (Å²) in [5.41, 5.74) is 2.93. The van der Waals surface area contributed by atoms with E-state index in [1.165, 1.54) is 11.1 Å². The molecular formula is C22H21BF5IO3. The van der Waals surface area contributed by atoms with Gasteiger partial charge in [0, 0.05) is 5.41 Å². The molecule has 0 saturated heterocycles. The summed E-state index contributed by atoms with van der Waals surface area (Å²) in [6, 6.07) is 10.8. The Bertz CT molecular complexity index is 999. The molecule has 0 bridgehead atoms. The molecule has 172 valence electrons. The number of hydrogen-bond donors (Lipinski definition) is 2. The maximum atomic E-state index is 12.7. The summed E-state index contributed by atoms with van der Waals surface area (Å²) in [6.45, 7) is 6.85. The van der Waals surface area contributed by atoms with Crippen molar-refractivity contribution in [1.29, 1.82) is 0 Å². The second kappa shape index (κ2) is 10.3. The standard InChI is InChI=1S/C16H19I.C6H2BF5O3/c1-13-9-11-16(17,12-10-13)15(2,3)14-7-5-4-6-8-14;8-1-2(9)4(11)6(15-7(13)14)5(12)3(1)10/h4-11H,12H2,1-3H3;13-14H. The van der Waals surface area contributed by atoms with Crippen molar-refractivity contribution in [3.63, 3.8) is 0 Å². The van der Waals surface area contributed by atoms with E-state index in [-0.39, 0.29) is 8.84 Å². The molecule has 1 aliphatic rings. The molecule has 3 nitrogen and oxygen atoms in total. The van der Waals surface area contributed by atoms with Crippen molar-refractivity contribution in [1.82, 2.24) is 0 Å². The molecule has 1 aliphatic carbocycles. The van der Waals surface area contributed by atoms with Gasteiger partial charge in [0.1, 0.15) is 0 Å². The summed E-state index contributed by atoms with van der Waals surface area (Å²) in [5, 5.41) is 16.3. The van der Waals surface area contributed by atoms with Crippen LogP contribution >= 0.6 is 22.6 Å². The number of alkyl halides is 1. The zero-order valence-electron chi connectivity index (χ0n) is 17.5. The third kappa shape index (κ3) is 5.52. The fraction of sp³-hybridized carbons (Fsp3) is 0.273. The summed E-state index contributed by atoms with van der Waals surface area (Å²) >= 11 is 2.61. The van der Waals surface area contributed by atoms with Gasteiger partial charge in [-0.25, -0.2) is 13.2 Å². The maximum Gasteiger partial charge on any atom is 0.707 e. The topological polar surface area (TPSA) is 49.7 Å². The van der Waals surface area contributed by atoms with E-state index < -0.39 is 42.2 Å². The Morgan fingerprint density at radius 3 is 1.88 bits per heavy atom. The first-order chi connectivity index (χ1) is 14.8. The molecule has 0 fully saturated rings. The first-order valence-corrected chi connectivity index (χ1v) is 10.5. The van der Waals surface area contributed by atoms with Crippen LogP contribution in [0.5, 0.6) is 5.75 Å². The Labute approximate surface area is 196 Å². The lowest BCUT2D eigenvalue weighted by Gasteiger charge is -2.42. The lowest BCUT2D eigenvalue weighted by Crippen LogP contribution is -2.41. The number of hydrogen-bond acceptors (Lipinski definition) is 3. The number of allylic oxidation sites excluding steroid dienone is 4. The van der Waals surface area contributed by atoms with Gasteiger partial charge in [0.2, 0.25) is 29.1 Å². The molecule has 3 rings (SSSR count). The predicted molar refractivity (Wildman–Crippen MR) is 121 cm³/mol. The van der Waals surface area contributed by atoms with E-state index in [1.807, 2.05) is 0 Å². The predicted octanol–water partition coefficient (Wildman–Crippen LogP) is 5.77. The molecule has 1 atom stereocenters. The highest BCUT2D eigenvalue weighted by molar-refractivity contribution is 14.1. The summed E-state index contributed by atoms with van der Waals surface area (Å²) < 4.78 is 66.5. The molecule has 2 aromatic rings. The van der Waals surface area contributed by atoms with Crippen molar-refractivity contribution >= 4 is 29.9 Å². The molecule has 2 aromatic carbocycles. The van der Waals surface area contributed by atoms with Crippen LogP contribution in [-0.4, -0.2) is 20.8 Å². The molecule has 0 amide bonds. The fourth-order valence-corrected chi connectivity index (χ4v) is 3.77. The quantitative estimate of drug-likeness (QED) is 0.123. The highest BCUT2D eigenvalue weighted by Gasteiger charge is 2.42. The van der Waals surface area contributed by atoms with Crippen LogP contribution in [0.4, 0.5) is 22.0 Å². The largest absolute Gasteiger partial charge is 0.707 e. The average molecular weight is 566 g/mol. The molecule has 0 saturated carbocycles. The van der Waals surface area contributed by atoms with Crippen molar-refractivity contribution < 1.29 is 36.7 Å². The molecule has 0 radical (unpaired) electrons. The molecule has 0 aromatic heterocycles. The molecule has 1 unspecified atom stereocenters. The zero-order valence-corrected chi connectivity index (χ0v) is 19.6. The Kier molecular flexibility index (Phi) is 8.52. The Balaban J connectivity index is 0.000000229. The Morgan fingerprint density at radius 1 is 0.938 bits per heavy atom. The zero-order chi connectivity index (χ0) is 24.3. The second-order valence-corrected chi connectivity index (χ2v) is 9.61. The first kappa shape index (κ1) is 26.3. The summed E-state index contributed by atoms with van der Waals surface area (Å²) in [7, 11) is -2.70. The molecule has 0 heterocycles. The van der Waals surface area contributed by atoms with Crippen LogP contribution in [0.3, 0.4) is 0 Å². The van der Waals surface area contributed by atoms with Crippen molar-refractivity contribution in [3.8, 4) is 5.75 Å². The molecular weight excluding hydrogens is 545 g/mol. The average Bonchev–Trinajstić information content (AvgIpc) is 2.77. The smallest absolute Gasteiger partial charge is 0.507 e. The highest BCUT2D eigenvalue weighted by Crippen LogP contribution is 2.47. The van der Waals surface area contributed by atoms with Gasteiger partial charge in [0.25, 0.3) is 0 Å². The molecule has 0 spiro atoms. The molecule has 0 aliphatic heterocycles. The Hall–Kier alpha value is -1.92. The lowest BCUT2D eigenvalue weighted by molar-refractivity contribution is 0.263. The third-order valence-corrected chi connectivity index (χ3v) is 7.41. The van der Waals surface area contributed by atoms with E-state index in [2.05, 4.69) is 96.6 Å². The molecule has 2 N–H and O–H groups in total. The number of benzene rings is 2. The van der Waals surface area contributed by atoms with Crippen LogP contribution in [-0.2, 0) is 5.41 Å². The van der Waals surface area contributed by atoms with Gasteiger partial charge in [-0.05, 0) is 18.9 Å². The summed E-state index contributed by atoms with van der Waals surface area (Å²) in [6.07, 6.45) is 8.07. The van der Waals surface area contributed by atoms with Gasteiger partial charge in [0.15, 0.2) is 5.75 Å². The van der Waals surface area contributed by atoms with Crippen molar-refractivity contribution in [2.75, 3.05) is 0 Å². The van der Waals surface area contributed by atoms with Gasteiger partial charge in [-0.1, -0.05) is 90.6 Å². The van der Waals surface area contributed by atoms with Gasteiger partial charge in [-0.2, -0.15) is 8.78 Å². The summed E-state index contributed by atoms with van der Waals surface area (Å²) in [5.74, 6) is -13.1. The van der Waals surface area contributed by atoms with Crippen LogP contribution < -0.4 is 4.65 Å². The SMILES string of the molecule is CC1=CCC(I)(C(C)(C)c2ccccc2)C=C1.OB(O)Oc1c(F)c(F)c(F)c(F)c1F. The van der Waals surface area contributed by atoms with Crippen LogP contribution in [0.15, 0.2) is 54.1 Å². The monoisotopic (exact) mass is 566 g/mol. The minimum Gasteiger partial charge on any atom is -0.507 e. The molecule has 32 heavy (non-hydrogen) atoms. The minimum absolute atomic E-state index is 0.141.